The number of methoxy groups -OCH3 is 2. The molecule has 5 rings (SSSR count). The van der Waals surface area contributed by atoms with Crippen LogP contribution in [0, 0.1) is 0 Å². The average Bonchev–Trinajstić information content (AvgIpc) is 2.91. The molecule has 29 heavy (non-hydrogen) atoms. The second-order valence-electron chi connectivity index (χ2n) is 8.36. The lowest BCUT2D eigenvalue weighted by atomic mass is 9.86. The van der Waals surface area contributed by atoms with Crippen LogP contribution in [0.5, 0.6) is 28.7 Å². The Morgan fingerprint density at radius 2 is 1.83 bits per heavy atom. The van der Waals surface area contributed by atoms with E-state index in [0.717, 1.165) is 41.2 Å². The van der Waals surface area contributed by atoms with Gasteiger partial charge in [-0.2, -0.15) is 0 Å². The van der Waals surface area contributed by atoms with Gasteiger partial charge in [0.1, 0.15) is 35.6 Å². The Morgan fingerprint density at radius 3 is 2.62 bits per heavy atom. The summed E-state index contributed by atoms with van der Waals surface area (Å²) in [5.41, 5.74) is 3.05. The van der Waals surface area contributed by atoms with Gasteiger partial charge in [-0.25, -0.2) is 0 Å². The maximum Gasteiger partial charge on any atom is 0.164 e. The van der Waals surface area contributed by atoms with Crippen molar-refractivity contribution in [3.63, 3.8) is 0 Å². The zero-order chi connectivity index (χ0) is 20.2. The monoisotopic (exact) mass is 394 g/mol. The van der Waals surface area contributed by atoms with Gasteiger partial charge in [-0.15, -0.1) is 0 Å². The highest BCUT2D eigenvalue weighted by Gasteiger charge is 2.37. The van der Waals surface area contributed by atoms with Crippen molar-refractivity contribution in [1.82, 2.24) is 0 Å². The van der Waals surface area contributed by atoms with Crippen LogP contribution in [0.2, 0.25) is 0 Å². The lowest BCUT2D eigenvalue weighted by Crippen LogP contribution is -2.35. The number of fused-ring (bicyclic) bond motifs is 6. The number of ether oxygens (including phenoxy) is 5. The summed E-state index contributed by atoms with van der Waals surface area (Å²) >= 11 is 0. The summed E-state index contributed by atoms with van der Waals surface area (Å²) in [5.74, 6) is 4.28. The molecule has 0 fully saturated rings. The van der Waals surface area contributed by atoms with Crippen LogP contribution in [-0.4, -0.2) is 32.5 Å². The fourth-order valence-corrected chi connectivity index (χ4v) is 4.51. The Labute approximate surface area is 171 Å². The highest BCUT2D eigenvalue weighted by molar-refractivity contribution is 5.69. The van der Waals surface area contributed by atoms with E-state index in [-0.39, 0.29) is 17.6 Å². The molecule has 2 aromatic rings. The third kappa shape index (κ3) is 3.00. The highest BCUT2D eigenvalue weighted by Crippen LogP contribution is 2.48. The first-order valence-electron chi connectivity index (χ1n) is 10.1. The van der Waals surface area contributed by atoms with Crippen LogP contribution in [0.4, 0.5) is 0 Å². The maximum atomic E-state index is 6.59. The molecule has 0 spiro atoms. The van der Waals surface area contributed by atoms with Gasteiger partial charge in [-0.05, 0) is 56.5 Å². The van der Waals surface area contributed by atoms with Crippen LogP contribution in [0.25, 0.3) is 6.08 Å². The van der Waals surface area contributed by atoms with Crippen molar-refractivity contribution in [3.05, 3.63) is 47.0 Å². The molecule has 2 atom stereocenters. The van der Waals surface area contributed by atoms with Crippen molar-refractivity contribution in [2.75, 3.05) is 20.8 Å². The number of hydrogen-bond donors (Lipinski definition) is 0. The fraction of sp³-hybridized carbons (Fsp3) is 0.417. The fourth-order valence-electron chi connectivity index (χ4n) is 4.51. The van der Waals surface area contributed by atoms with E-state index in [0.29, 0.717) is 18.1 Å². The second kappa shape index (κ2) is 6.61. The zero-order valence-electron chi connectivity index (χ0n) is 17.3. The summed E-state index contributed by atoms with van der Waals surface area (Å²) in [5, 5.41) is 0. The van der Waals surface area contributed by atoms with E-state index in [1.807, 2.05) is 12.1 Å². The lowest BCUT2D eigenvalue weighted by molar-refractivity contribution is 0.0867. The molecule has 0 unspecified atom stereocenters. The SMILES string of the molecule is COc1cc2c(cc1OC)[C@@H]1CCc3ccc4c(c3O[C@@H]1CO2)C=CC(C)(C)O4. The minimum Gasteiger partial charge on any atom is -0.493 e. The van der Waals surface area contributed by atoms with Crippen molar-refractivity contribution < 1.29 is 23.7 Å². The van der Waals surface area contributed by atoms with E-state index >= 15 is 0 Å². The molecule has 0 saturated heterocycles. The summed E-state index contributed by atoms with van der Waals surface area (Å²) in [6.45, 7) is 4.62. The highest BCUT2D eigenvalue weighted by atomic mass is 16.5. The maximum absolute atomic E-state index is 6.59. The standard InChI is InChI=1S/C24H26O5/c1-24(2)10-9-16-18(29-24)8-6-14-5-7-15-17-11-20(25-3)21(26-4)12-19(17)27-13-22(15)28-23(14)16/h6,8-12,15,22H,5,7,13H2,1-4H3/t15-,22+/m0/s1. The van der Waals surface area contributed by atoms with E-state index in [1.165, 1.54) is 5.56 Å². The quantitative estimate of drug-likeness (QED) is 0.735. The number of hydrogen-bond acceptors (Lipinski definition) is 5. The molecule has 0 radical (unpaired) electrons. The molecule has 0 aromatic heterocycles. The predicted octanol–water partition coefficient (Wildman–Crippen LogP) is 4.76. The van der Waals surface area contributed by atoms with Gasteiger partial charge >= 0.3 is 0 Å². The van der Waals surface area contributed by atoms with Crippen molar-refractivity contribution >= 4 is 6.08 Å². The van der Waals surface area contributed by atoms with Crippen molar-refractivity contribution in [2.45, 2.75) is 44.3 Å². The van der Waals surface area contributed by atoms with E-state index in [2.05, 4.69) is 38.1 Å². The van der Waals surface area contributed by atoms with Gasteiger partial charge in [0.2, 0.25) is 0 Å². The summed E-state index contributed by atoms with van der Waals surface area (Å²) < 4.78 is 29.8. The number of aryl methyl sites for hydroxylation is 1. The summed E-state index contributed by atoms with van der Waals surface area (Å²) in [7, 11) is 3.30. The van der Waals surface area contributed by atoms with E-state index in [9.17, 15) is 0 Å². The molecule has 0 bridgehead atoms. The summed E-state index contributed by atoms with van der Waals surface area (Å²) in [4.78, 5) is 0. The Kier molecular flexibility index (Phi) is 4.16. The largest absolute Gasteiger partial charge is 0.493 e. The van der Waals surface area contributed by atoms with Crippen LogP contribution in [0.15, 0.2) is 30.3 Å². The molecule has 3 heterocycles. The molecule has 2 aromatic carbocycles. The first-order chi connectivity index (χ1) is 14.0. The minimum absolute atomic E-state index is 0.0586. The van der Waals surface area contributed by atoms with Gasteiger partial charge in [-0.3, -0.25) is 0 Å². The van der Waals surface area contributed by atoms with E-state index < -0.39 is 0 Å². The van der Waals surface area contributed by atoms with Gasteiger partial charge in [0, 0.05) is 17.5 Å². The number of rotatable bonds is 2. The molecule has 0 saturated carbocycles. The molecule has 3 aliphatic heterocycles. The summed E-state index contributed by atoms with van der Waals surface area (Å²) in [6.07, 6.45) is 6.08. The molecular weight excluding hydrogens is 368 g/mol. The normalized spacial score (nSPS) is 23.0. The third-order valence-corrected chi connectivity index (χ3v) is 6.02. The molecule has 0 aliphatic carbocycles. The third-order valence-electron chi connectivity index (χ3n) is 6.02. The zero-order valence-corrected chi connectivity index (χ0v) is 17.3. The smallest absolute Gasteiger partial charge is 0.164 e. The van der Waals surface area contributed by atoms with Gasteiger partial charge in [0.05, 0.1) is 19.8 Å². The Hall–Kier alpha value is -2.82. The Bertz CT molecular complexity index is 991. The first kappa shape index (κ1) is 18.2. The van der Waals surface area contributed by atoms with Crippen LogP contribution >= 0.6 is 0 Å². The molecule has 152 valence electrons. The predicted molar refractivity (Wildman–Crippen MR) is 111 cm³/mol. The minimum atomic E-state index is -0.309. The van der Waals surface area contributed by atoms with Crippen LogP contribution in [-0.2, 0) is 6.42 Å². The van der Waals surface area contributed by atoms with Crippen molar-refractivity contribution in [1.29, 1.82) is 0 Å². The van der Waals surface area contributed by atoms with Gasteiger partial charge in [-0.1, -0.05) is 6.07 Å². The molecule has 5 nitrogen and oxygen atoms in total. The molecule has 3 aliphatic rings. The van der Waals surface area contributed by atoms with Gasteiger partial charge < -0.3 is 23.7 Å². The first-order valence-corrected chi connectivity index (χ1v) is 10.1. The lowest BCUT2D eigenvalue weighted by Gasteiger charge is -2.34. The van der Waals surface area contributed by atoms with Gasteiger partial charge in [0.25, 0.3) is 0 Å². The van der Waals surface area contributed by atoms with Crippen LogP contribution < -0.4 is 23.7 Å². The van der Waals surface area contributed by atoms with Crippen LogP contribution in [0.1, 0.15) is 42.9 Å². The van der Waals surface area contributed by atoms with Crippen molar-refractivity contribution in [3.8, 4) is 28.7 Å². The molecule has 0 amide bonds. The van der Waals surface area contributed by atoms with Crippen molar-refractivity contribution in [2.24, 2.45) is 0 Å². The van der Waals surface area contributed by atoms with Crippen LogP contribution in [0.3, 0.4) is 0 Å². The number of benzene rings is 2. The second-order valence-corrected chi connectivity index (χ2v) is 8.36. The average molecular weight is 394 g/mol. The molecule has 5 heteroatoms. The molecular formula is C24H26O5. The summed E-state index contributed by atoms with van der Waals surface area (Å²) in [6, 6.07) is 8.15. The molecule has 0 N–H and O–H groups in total. The Morgan fingerprint density at radius 1 is 1.03 bits per heavy atom. The Balaban J connectivity index is 1.53. The van der Waals surface area contributed by atoms with Gasteiger partial charge in [0.15, 0.2) is 11.5 Å². The van der Waals surface area contributed by atoms with E-state index in [1.54, 1.807) is 14.2 Å². The van der Waals surface area contributed by atoms with E-state index in [4.69, 9.17) is 23.7 Å². The topological polar surface area (TPSA) is 46.2 Å².